The molecular weight excluding hydrogens is 348 g/mol. The van der Waals surface area contributed by atoms with Gasteiger partial charge in [0.2, 0.25) is 0 Å². The molecule has 1 N–H and O–H groups in total. The van der Waals surface area contributed by atoms with Gasteiger partial charge in [-0.05, 0) is 24.8 Å². The molecule has 138 valence electrons. The van der Waals surface area contributed by atoms with Crippen molar-refractivity contribution in [3.05, 3.63) is 66.9 Å². The zero-order valence-electron chi connectivity index (χ0n) is 15.6. The van der Waals surface area contributed by atoms with Crippen LogP contribution in [0.3, 0.4) is 0 Å². The van der Waals surface area contributed by atoms with E-state index in [2.05, 4.69) is 70.6 Å². The molecule has 3 heterocycles. The first-order valence-corrected chi connectivity index (χ1v) is 9.75. The van der Waals surface area contributed by atoms with Gasteiger partial charge in [-0.15, -0.1) is 0 Å². The van der Waals surface area contributed by atoms with Gasteiger partial charge in [0.25, 0.3) is 0 Å². The van der Waals surface area contributed by atoms with E-state index < -0.39 is 0 Å². The molecule has 28 heavy (non-hydrogen) atoms. The highest BCUT2D eigenvalue weighted by Crippen LogP contribution is 2.45. The number of aryl methyl sites for hydroxylation is 1. The Kier molecular flexibility index (Phi) is 3.23. The van der Waals surface area contributed by atoms with Gasteiger partial charge in [0.1, 0.15) is 0 Å². The van der Waals surface area contributed by atoms with Crippen molar-refractivity contribution in [1.29, 1.82) is 0 Å². The van der Waals surface area contributed by atoms with Crippen molar-refractivity contribution >= 4 is 22.3 Å². The van der Waals surface area contributed by atoms with Gasteiger partial charge in [0, 0.05) is 29.4 Å². The second kappa shape index (κ2) is 5.79. The summed E-state index contributed by atoms with van der Waals surface area (Å²) < 4.78 is 4.29. The number of rotatable bonds is 3. The van der Waals surface area contributed by atoms with Gasteiger partial charge < -0.3 is 9.88 Å². The number of amidine groups is 1. The number of hydrogen-bond acceptors (Lipinski definition) is 4. The summed E-state index contributed by atoms with van der Waals surface area (Å²) in [6.07, 6.45) is 7.03. The Morgan fingerprint density at radius 1 is 1.11 bits per heavy atom. The van der Waals surface area contributed by atoms with Crippen molar-refractivity contribution in [3.8, 4) is 11.3 Å². The van der Waals surface area contributed by atoms with Crippen LogP contribution in [0.2, 0.25) is 0 Å². The monoisotopic (exact) mass is 368 g/mol. The first kappa shape index (κ1) is 15.6. The summed E-state index contributed by atoms with van der Waals surface area (Å²) >= 11 is 0. The number of anilines is 1. The summed E-state index contributed by atoms with van der Waals surface area (Å²) in [7, 11) is 0. The normalized spacial score (nSPS) is 19.8. The molecule has 0 radical (unpaired) electrons. The van der Waals surface area contributed by atoms with Gasteiger partial charge in [0.05, 0.1) is 30.2 Å². The summed E-state index contributed by atoms with van der Waals surface area (Å²) in [5.41, 5.74) is 3.29. The van der Waals surface area contributed by atoms with Crippen LogP contribution in [-0.2, 0) is 6.54 Å². The molecule has 2 aromatic heterocycles. The fourth-order valence-electron chi connectivity index (χ4n) is 4.11. The number of nitrogens with zero attached hydrogens (tertiary/aromatic N) is 5. The SMILES string of the molecule is CCn1cc(-c2cnc3n2C2CC2N=C3Nc2cccc3ccccc23)cn1. The molecule has 2 unspecified atom stereocenters. The quantitative estimate of drug-likeness (QED) is 0.592. The zero-order chi connectivity index (χ0) is 18.7. The van der Waals surface area contributed by atoms with Crippen LogP contribution in [-0.4, -0.2) is 31.2 Å². The van der Waals surface area contributed by atoms with Crippen LogP contribution in [0.5, 0.6) is 0 Å². The van der Waals surface area contributed by atoms with E-state index in [0.717, 1.165) is 41.6 Å². The van der Waals surface area contributed by atoms with Crippen molar-refractivity contribution in [2.24, 2.45) is 4.99 Å². The average Bonchev–Trinajstić information content (AvgIpc) is 3.15. The fourth-order valence-corrected chi connectivity index (χ4v) is 4.11. The predicted molar refractivity (Wildman–Crippen MR) is 111 cm³/mol. The lowest BCUT2D eigenvalue weighted by atomic mass is 10.1. The molecule has 1 aliphatic heterocycles. The van der Waals surface area contributed by atoms with E-state index in [9.17, 15) is 0 Å². The Labute approximate surface area is 162 Å². The van der Waals surface area contributed by atoms with Crippen molar-refractivity contribution in [2.75, 3.05) is 5.32 Å². The summed E-state index contributed by atoms with van der Waals surface area (Å²) in [6.45, 7) is 2.96. The van der Waals surface area contributed by atoms with E-state index in [1.54, 1.807) is 0 Å². The second-order valence-corrected chi connectivity index (χ2v) is 7.42. The van der Waals surface area contributed by atoms with Gasteiger partial charge in [-0.1, -0.05) is 36.4 Å². The summed E-state index contributed by atoms with van der Waals surface area (Å²) in [5, 5.41) is 10.4. The first-order valence-electron chi connectivity index (χ1n) is 9.75. The first-order chi connectivity index (χ1) is 13.8. The maximum atomic E-state index is 4.93. The molecule has 4 aromatic rings. The number of aliphatic imine (C=N–C) groups is 1. The number of benzene rings is 2. The molecular formula is C22H20N6. The number of hydrogen-bond donors (Lipinski definition) is 1. The van der Waals surface area contributed by atoms with Gasteiger partial charge >= 0.3 is 0 Å². The maximum absolute atomic E-state index is 4.93. The Hall–Kier alpha value is -3.41. The molecule has 6 nitrogen and oxygen atoms in total. The van der Waals surface area contributed by atoms with E-state index in [0.29, 0.717) is 12.1 Å². The predicted octanol–water partition coefficient (Wildman–Crippen LogP) is 4.11. The highest BCUT2D eigenvalue weighted by atomic mass is 15.3. The Morgan fingerprint density at radius 2 is 2.00 bits per heavy atom. The molecule has 2 aromatic carbocycles. The smallest absolute Gasteiger partial charge is 0.176 e. The lowest BCUT2D eigenvalue weighted by molar-refractivity contribution is 0.659. The Morgan fingerprint density at radius 3 is 2.89 bits per heavy atom. The Balaban J connectivity index is 1.42. The average molecular weight is 368 g/mol. The molecule has 2 aliphatic rings. The fraction of sp³-hybridized carbons (Fsp3) is 0.227. The molecule has 1 aliphatic carbocycles. The maximum Gasteiger partial charge on any atom is 0.176 e. The van der Waals surface area contributed by atoms with Gasteiger partial charge in [-0.25, -0.2) is 4.98 Å². The van der Waals surface area contributed by atoms with Crippen molar-refractivity contribution in [3.63, 3.8) is 0 Å². The molecule has 1 fully saturated rings. The Bertz CT molecular complexity index is 1230. The third kappa shape index (κ3) is 2.30. The van der Waals surface area contributed by atoms with Crippen LogP contribution in [0, 0.1) is 0 Å². The van der Waals surface area contributed by atoms with Crippen LogP contribution >= 0.6 is 0 Å². The number of imidazole rings is 1. The van der Waals surface area contributed by atoms with Crippen LogP contribution in [0.1, 0.15) is 25.2 Å². The van der Waals surface area contributed by atoms with Crippen LogP contribution in [0.25, 0.3) is 22.0 Å². The van der Waals surface area contributed by atoms with Crippen LogP contribution < -0.4 is 5.32 Å². The molecule has 0 saturated heterocycles. The third-order valence-corrected chi connectivity index (χ3v) is 5.65. The molecule has 0 amide bonds. The van der Waals surface area contributed by atoms with Gasteiger partial charge in [-0.3, -0.25) is 9.67 Å². The number of aromatic nitrogens is 4. The molecule has 0 bridgehead atoms. The topological polar surface area (TPSA) is 60.0 Å². The minimum Gasteiger partial charge on any atom is -0.337 e. The zero-order valence-corrected chi connectivity index (χ0v) is 15.6. The molecule has 6 heteroatoms. The van der Waals surface area contributed by atoms with Gasteiger partial charge in [0.15, 0.2) is 11.7 Å². The molecule has 2 atom stereocenters. The van der Waals surface area contributed by atoms with Crippen molar-refractivity contribution < 1.29 is 0 Å². The summed E-state index contributed by atoms with van der Waals surface area (Å²) in [6, 6.07) is 15.4. The highest BCUT2D eigenvalue weighted by molar-refractivity contribution is 6.11. The van der Waals surface area contributed by atoms with Crippen LogP contribution in [0.4, 0.5) is 5.69 Å². The lowest BCUT2D eigenvalue weighted by Crippen LogP contribution is -2.24. The molecule has 1 saturated carbocycles. The number of fused-ring (bicyclic) bond motifs is 4. The van der Waals surface area contributed by atoms with E-state index in [1.807, 2.05) is 17.1 Å². The second-order valence-electron chi connectivity index (χ2n) is 7.42. The van der Waals surface area contributed by atoms with Crippen molar-refractivity contribution in [2.45, 2.75) is 32.0 Å². The molecule has 6 rings (SSSR count). The largest absolute Gasteiger partial charge is 0.337 e. The van der Waals surface area contributed by atoms with E-state index >= 15 is 0 Å². The minimum atomic E-state index is 0.333. The van der Waals surface area contributed by atoms with E-state index in [4.69, 9.17) is 9.98 Å². The minimum absolute atomic E-state index is 0.333. The van der Waals surface area contributed by atoms with Crippen molar-refractivity contribution in [1.82, 2.24) is 19.3 Å². The van der Waals surface area contributed by atoms with Crippen LogP contribution in [0.15, 0.2) is 66.0 Å². The summed E-state index contributed by atoms with van der Waals surface area (Å²) in [5.74, 6) is 1.76. The number of nitrogens with one attached hydrogen (secondary N) is 1. The third-order valence-electron chi connectivity index (χ3n) is 5.65. The standard InChI is InChI=1S/C22H20N6/c1-2-27-13-15(11-24-27)20-12-23-22-21(26-18-10-19(18)28(20)22)25-17-9-5-7-14-6-3-4-8-16(14)17/h3-9,11-13,18-19H,2,10H2,1H3,(H,25,26). The van der Waals surface area contributed by atoms with E-state index in [1.165, 1.54) is 10.8 Å². The molecule has 0 spiro atoms. The highest BCUT2D eigenvalue weighted by Gasteiger charge is 2.45. The lowest BCUT2D eigenvalue weighted by Gasteiger charge is -2.18. The summed E-state index contributed by atoms with van der Waals surface area (Å²) in [4.78, 5) is 9.67. The van der Waals surface area contributed by atoms with Gasteiger partial charge in [-0.2, -0.15) is 5.10 Å². The van der Waals surface area contributed by atoms with E-state index in [-0.39, 0.29) is 0 Å².